The summed E-state index contributed by atoms with van der Waals surface area (Å²) >= 11 is 0. The van der Waals surface area contributed by atoms with Gasteiger partial charge in [-0.05, 0) is 100 Å². The Morgan fingerprint density at radius 3 is 2.09 bits per heavy atom. The van der Waals surface area contributed by atoms with Crippen molar-refractivity contribution in [2.75, 3.05) is 87.4 Å². The van der Waals surface area contributed by atoms with Crippen LogP contribution < -0.4 is 35.6 Å². The van der Waals surface area contributed by atoms with E-state index in [2.05, 4.69) is 104 Å². The van der Waals surface area contributed by atoms with Gasteiger partial charge in [-0.3, -0.25) is 0 Å². The lowest BCUT2D eigenvalue weighted by Gasteiger charge is -2.36. The Labute approximate surface area is 446 Å². The number of aromatic nitrogens is 6. The number of hydrogen-bond donors (Lipinski definition) is 5. The molecule has 4 aromatic carbocycles. The number of unbranched alkanes of at least 4 members (excludes halogenated alkanes) is 2. The van der Waals surface area contributed by atoms with Gasteiger partial charge in [0.25, 0.3) is 0 Å². The minimum absolute atomic E-state index is 0.0572. The van der Waals surface area contributed by atoms with E-state index in [0.29, 0.717) is 50.9 Å². The third kappa shape index (κ3) is 12.0. The number of hydrogen-bond acceptors (Lipinski definition) is 14. The number of aromatic amines is 1. The Morgan fingerprint density at radius 1 is 0.750 bits per heavy atom. The van der Waals surface area contributed by atoms with E-state index in [0.717, 1.165) is 160 Å². The minimum Gasteiger partial charge on any atom is -0.496 e. The Balaban J connectivity index is 0.000000243. The number of amides is 1. The number of nitrogens with two attached hydrogens (primary N) is 1. The molecule has 0 spiro atoms. The third-order valence-corrected chi connectivity index (χ3v) is 14.3. The molecule has 2 aliphatic heterocycles. The molecule has 1 amide bonds. The summed E-state index contributed by atoms with van der Waals surface area (Å²) in [6.07, 6.45) is 5.78. The summed E-state index contributed by atoms with van der Waals surface area (Å²) in [5.74, 6) is 4.77. The summed E-state index contributed by atoms with van der Waals surface area (Å²) < 4.78 is 19.5. The molecule has 4 aromatic heterocycles. The molecule has 2 fully saturated rings. The maximum absolute atomic E-state index is 12.8. The number of aliphatic hydroxyl groups excluding tert-OH is 1. The van der Waals surface area contributed by atoms with Gasteiger partial charge in [-0.1, -0.05) is 51.0 Å². The fourth-order valence-corrected chi connectivity index (χ4v) is 10.2. The maximum atomic E-state index is 12.8. The number of H-pyrrole nitrogens is 1. The van der Waals surface area contributed by atoms with Crippen LogP contribution in [0.2, 0.25) is 0 Å². The molecule has 2 saturated heterocycles. The predicted molar refractivity (Wildman–Crippen MR) is 306 cm³/mol. The number of ether oxygens (including phenoxy) is 3. The summed E-state index contributed by atoms with van der Waals surface area (Å²) in [4.78, 5) is 42.5. The van der Waals surface area contributed by atoms with Crippen LogP contribution in [0.3, 0.4) is 0 Å². The SMILES string of the molecule is CCCCc1nc2c(NCc3ccc(C)cc3OC)nc3ccc(N4CCN(C(=O)OC(C)(C)C)CC4)cc3c2n1Cc1ccc(CO)cc1OC.CCCCc1nc2c([nH]1)c(N)nc1ccc(N3CCNCC3)cc12. The van der Waals surface area contributed by atoms with E-state index >= 15 is 0 Å². The smallest absolute Gasteiger partial charge is 0.410 e. The largest absolute Gasteiger partial charge is 0.496 e. The molecule has 6 N–H and O–H groups in total. The van der Waals surface area contributed by atoms with Crippen molar-refractivity contribution in [2.45, 2.75) is 105 Å². The van der Waals surface area contributed by atoms with E-state index in [1.165, 1.54) is 5.69 Å². The molecular formula is C59H76N12O5. The second-order valence-electron chi connectivity index (χ2n) is 21.0. The predicted octanol–water partition coefficient (Wildman–Crippen LogP) is 9.91. The maximum Gasteiger partial charge on any atom is 0.410 e. The van der Waals surface area contributed by atoms with Crippen molar-refractivity contribution in [3.8, 4) is 11.5 Å². The average molecular weight is 1030 g/mol. The van der Waals surface area contributed by atoms with Gasteiger partial charge in [0.1, 0.15) is 51.1 Å². The molecule has 2 aliphatic rings. The van der Waals surface area contributed by atoms with Crippen LogP contribution in [0, 0.1) is 6.92 Å². The lowest BCUT2D eigenvalue weighted by Crippen LogP contribution is -2.50. The molecule has 0 bridgehead atoms. The highest BCUT2D eigenvalue weighted by Gasteiger charge is 2.27. The number of piperazine rings is 2. The Kier molecular flexibility index (Phi) is 16.6. The van der Waals surface area contributed by atoms with Crippen molar-refractivity contribution >= 4 is 73.0 Å². The first-order valence-electron chi connectivity index (χ1n) is 27.0. The first-order valence-corrected chi connectivity index (χ1v) is 27.0. The standard InChI is InChI=1S/C41H52N6O5.C18H24N6/c1-8-9-10-36-44-37-38(47(36)25-30-14-12-28(26-48)22-35(30)51-7)32-23-31(45-17-19-46(20-18-45)40(49)52-41(3,4)5)15-16-33(32)43-39(37)42-24-29-13-11-27(2)21-34(29)50-6;1-2-3-4-15-22-16-13-11-12(24-9-7-20-8-10-24)5-6-14(13)21-18(19)17(16)23-15/h11-16,21-23,48H,8-10,17-20,24-26H2,1-7H3,(H,42,43);5-6,11,20H,2-4,7-10H2,1H3,(H2,19,21)(H,22,23). The molecule has 8 aromatic rings. The quantitative estimate of drug-likeness (QED) is 0.0613. The number of carbonyl (C=O) groups is 1. The summed E-state index contributed by atoms with van der Waals surface area (Å²) in [5.41, 5.74) is 17.2. The number of anilines is 4. The topological polar surface area (TPSA) is 197 Å². The zero-order chi connectivity index (χ0) is 53.5. The Hall–Kier alpha value is -7.37. The van der Waals surface area contributed by atoms with Gasteiger partial charge in [-0.15, -0.1) is 0 Å². The monoisotopic (exact) mass is 1030 g/mol. The van der Waals surface area contributed by atoms with Crippen molar-refractivity contribution in [3.63, 3.8) is 0 Å². The van der Waals surface area contributed by atoms with Gasteiger partial charge in [0.2, 0.25) is 0 Å². The lowest BCUT2D eigenvalue weighted by atomic mass is 10.1. The number of aliphatic hydroxyl groups is 1. The number of rotatable bonds is 16. The molecule has 0 radical (unpaired) electrons. The molecule has 0 unspecified atom stereocenters. The van der Waals surface area contributed by atoms with Gasteiger partial charge in [0.05, 0.1) is 43.9 Å². The van der Waals surface area contributed by atoms with Gasteiger partial charge >= 0.3 is 6.09 Å². The summed E-state index contributed by atoms with van der Waals surface area (Å²) in [6, 6.07) is 24.9. The Morgan fingerprint density at radius 2 is 1.41 bits per heavy atom. The highest BCUT2D eigenvalue weighted by molar-refractivity contribution is 6.09. The molecular weight excluding hydrogens is 957 g/mol. The number of pyridine rings is 2. The van der Waals surface area contributed by atoms with Crippen LogP contribution in [-0.4, -0.2) is 118 Å². The zero-order valence-corrected chi connectivity index (χ0v) is 45.7. The van der Waals surface area contributed by atoms with Crippen molar-refractivity contribution in [3.05, 3.63) is 107 Å². The van der Waals surface area contributed by atoms with E-state index < -0.39 is 5.60 Å². The molecule has 17 heteroatoms. The van der Waals surface area contributed by atoms with Crippen molar-refractivity contribution < 1.29 is 24.1 Å². The van der Waals surface area contributed by atoms with E-state index in [1.807, 2.05) is 45.0 Å². The Bertz CT molecular complexity index is 3310. The number of methoxy groups -OCH3 is 2. The molecule has 6 heterocycles. The summed E-state index contributed by atoms with van der Waals surface area (Å²) in [6.45, 7) is 19.7. The zero-order valence-electron chi connectivity index (χ0n) is 45.7. The molecule has 0 saturated carbocycles. The fourth-order valence-electron chi connectivity index (χ4n) is 10.2. The van der Waals surface area contributed by atoms with Crippen LogP contribution in [0.25, 0.3) is 43.9 Å². The molecule has 0 aliphatic carbocycles. The molecule has 76 heavy (non-hydrogen) atoms. The molecule has 10 rings (SSSR count). The van der Waals surface area contributed by atoms with Crippen LogP contribution in [0.1, 0.15) is 94.2 Å². The van der Waals surface area contributed by atoms with Crippen molar-refractivity contribution in [2.24, 2.45) is 0 Å². The first-order chi connectivity index (χ1) is 36.8. The summed E-state index contributed by atoms with van der Waals surface area (Å²) in [7, 11) is 3.36. The normalized spacial score (nSPS) is 14.1. The van der Waals surface area contributed by atoms with Crippen molar-refractivity contribution in [1.29, 1.82) is 0 Å². The first kappa shape index (κ1) is 53.5. The second-order valence-corrected chi connectivity index (χ2v) is 21.0. The number of fused-ring (bicyclic) bond motifs is 6. The second kappa shape index (κ2) is 23.7. The third-order valence-electron chi connectivity index (χ3n) is 14.3. The van der Waals surface area contributed by atoms with Gasteiger partial charge < -0.3 is 59.9 Å². The van der Waals surface area contributed by atoms with E-state index in [-0.39, 0.29) is 12.7 Å². The van der Waals surface area contributed by atoms with Crippen LogP contribution in [0.15, 0.2) is 72.8 Å². The number of nitrogen functional groups attached to an aromatic ring is 1. The number of imidazole rings is 2. The van der Waals surface area contributed by atoms with Gasteiger partial charge in [0.15, 0.2) is 5.82 Å². The number of aryl methyl sites for hydroxylation is 3. The van der Waals surface area contributed by atoms with E-state index in [4.69, 9.17) is 34.9 Å². The summed E-state index contributed by atoms with van der Waals surface area (Å²) in [5, 5.41) is 18.9. The number of carbonyl (C=O) groups excluding carboxylic acids is 1. The van der Waals surface area contributed by atoms with E-state index in [9.17, 15) is 9.90 Å². The number of nitrogens with zero attached hydrogens (tertiary/aromatic N) is 8. The van der Waals surface area contributed by atoms with Crippen LogP contribution in [0.5, 0.6) is 11.5 Å². The molecule has 17 nitrogen and oxygen atoms in total. The number of benzene rings is 4. The average Bonchev–Trinajstić information content (AvgIpc) is 4.06. The fraction of sp³-hybridized carbons (Fsp3) is 0.441. The van der Waals surface area contributed by atoms with Gasteiger partial charge in [-0.25, -0.2) is 24.7 Å². The van der Waals surface area contributed by atoms with Crippen molar-refractivity contribution in [1.82, 2.24) is 39.7 Å². The van der Waals surface area contributed by atoms with Crippen LogP contribution in [-0.2, 0) is 37.3 Å². The highest BCUT2D eigenvalue weighted by atomic mass is 16.6. The van der Waals surface area contributed by atoms with E-state index in [1.54, 1.807) is 19.1 Å². The van der Waals surface area contributed by atoms with Crippen LogP contribution in [0.4, 0.5) is 27.8 Å². The van der Waals surface area contributed by atoms with Gasteiger partial charge in [-0.2, -0.15) is 0 Å². The van der Waals surface area contributed by atoms with Gasteiger partial charge in [0, 0.05) is 105 Å². The lowest BCUT2D eigenvalue weighted by molar-refractivity contribution is 0.0240. The van der Waals surface area contributed by atoms with Crippen LogP contribution >= 0.6 is 0 Å². The molecule has 0 atom stereocenters. The molecule has 402 valence electrons. The number of nitrogens with one attached hydrogen (secondary N) is 3. The minimum atomic E-state index is -0.533. The highest BCUT2D eigenvalue weighted by Crippen LogP contribution is 2.36.